The molecule has 1 aromatic carbocycles. The highest BCUT2D eigenvalue weighted by molar-refractivity contribution is 5.92. The van der Waals surface area contributed by atoms with Crippen molar-refractivity contribution in [1.29, 1.82) is 0 Å². The molecule has 0 N–H and O–H groups in total. The Labute approximate surface area is 140 Å². The molecule has 2 aliphatic rings. The molecule has 1 aromatic heterocycles. The molecule has 3 heterocycles. The summed E-state index contributed by atoms with van der Waals surface area (Å²) in [5.74, 6) is 1.36. The lowest BCUT2D eigenvalue weighted by Gasteiger charge is -2.32. The van der Waals surface area contributed by atoms with Crippen LogP contribution in [-0.4, -0.2) is 51.6 Å². The second kappa shape index (κ2) is 6.14. The first-order chi connectivity index (χ1) is 11.7. The van der Waals surface area contributed by atoms with Crippen molar-refractivity contribution in [2.75, 3.05) is 19.8 Å². The third-order valence-electron chi connectivity index (χ3n) is 4.57. The highest BCUT2D eigenvalue weighted by atomic mass is 16.6. The molecule has 0 unspecified atom stereocenters. The first kappa shape index (κ1) is 15.0. The predicted octanol–water partition coefficient (Wildman–Crippen LogP) is 2.05. The number of carbonyl (C=O) groups excluding carboxylic acids is 1. The number of rotatable bonds is 2. The molecule has 1 amide bonds. The summed E-state index contributed by atoms with van der Waals surface area (Å²) in [4.78, 5) is 14.5. The quantitative estimate of drug-likeness (QED) is 0.844. The van der Waals surface area contributed by atoms with Gasteiger partial charge >= 0.3 is 0 Å². The maximum Gasteiger partial charge on any atom is 0.276 e. The molecule has 1 fully saturated rings. The van der Waals surface area contributed by atoms with E-state index in [1.807, 2.05) is 23.1 Å². The van der Waals surface area contributed by atoms with E-state index in [1.54, 1.807) is 10.9 Å². The summed E-state index contributed by atoms with van der Waals surface area (Å²) in [5.41, 5.74) is 1.16. The van der Waals surface area contributed by atoms with Crippen LogP contribution in [0.4, 0.5) is 0 Å². The zero-order valence-electron chi connectivity index (χ0n) is 13.6. The van der Waals surface area contributed by atoms with Crippen molar-refractivity contribution in [2.24, 2.45) is 0 Å². The molecule has 7 nitrogen and oxygen atoms in total. The van der Waals surface area contributed by atoms with Gasteiger partial charge in [0.25, 0.3) is 5.91 Å². The van der Waals surface area contributed by atoms with Gasteiger partial charge in [-0.2, -0.15) is 0 Å². The van der Waals surface area contributed by atoms with E-state index in [4.69, 9.17) is 9.47 Å². The summed E-state index contributed by atoms with van der Waals surface area (Å²) in [5, 5.41) is 8.16. The zero-order chi connectivity index (χ0) is 16.5. The molecule has 4 rings (SSSR count). The fraction of sp³-hybridized carbons (Fsp3) is 0.471. The minimum Gasteiger partial charge on any atom is -0.486 e. The van der Waals surface area contributed by atoms with Crippen molar-refractivity contribution in [3.05, 3.63) is 30.1 Å². The van der Waals surface area contributed by atoms with Gasteiger partial charge in [-0.25, -0.2) is 4.68 Å². The van der Waals surface area contributed by atoms with Crippen LogP contribution in [0.25, 0.3) is 5.69 Å². The van der Waals surface area contributed by atoms with E-state index >= 15 is 0 Å². The molecule has 0 saturated carbocycles. The summed E-state index contributed by atoms with van der Waals surface area (Å²) in [6, 6.07) is 5.83. The maximum absolute atomic E-state index is 12.7. The van der Waals surface area contributed by atoms with E-state index < -0.39 is 0 Å². The van der Waals surface area contributed by atoms with E-state index in [0.29, 0.717) is 24.7 Å². The molecular formula is C17H20N4O3. The highest BCUT2D eigenvalue weighted by Gasteiger charge is 2.26. The van der Waals surface area contributed by atoms with E-state index in [0.717, 1.165) is 30.8 Å². The summed E-state index contributed by atoms with van der Waals surface area (Å²) >= 11 is 0. The summed E-state index contributed by atoms with van der Waals surface area (Å²) in [6.07, 6.45) is 4.94. The van der Waals surface area contributed by atoms with Crippen molar-refractivity contribution < 1.29 is 14.3 Å². The molecule has 0 radical (unpaired) electrons. The van der Waals surface area contributed by atoms with E-state index in [1.165, 1.54) is 6.42 Å². The fourth-order valence-electron chi connectivity index (χ4n) is 3.21. The van der Waals surface area contributed by atoms with Crippen LogP contribution in [0.2, 0.25) is 0 Å². The van der Waals surface area contributed by atoms with Gasteiger partial charge in [0, 0.05) is 18.7 Å². The zero-order valence-corrected chi connectivity index (χ0v) is 13.6. The van der Waals surface area contributed by atoms with Crippen LogP contribution in [0.1, 0.15) is 36.7 Å². The number of hydrogen-bond acceptors (Lipinski definition) is 5. The van der Waals surface area contributed by atoms with E-state index in [9.17, 15) is 4.79 Å². The summed E-state index contributed by atoms with van der Waals surface area (Å²) in [7, 11) is 0. The van der Waals surface area contributed by atoms with Crippen LogP contribution < -0.4 is 9.47 Å². The number of fused-ring (bicyclic) bond motifs is 1. The Morgan fingerprint density at radius 3 is 2.88 bits per heavy atom. The van der Waals surface area contributed by atoms with Crippen LogP contribution >= 0.6 is 0 Å². The molecular weight excluding hydrogens is 308 g/mol. The van der Waals surface area contributed by atoms with Gasteiger partial charge in [0.2, 0.25) is 0 Å². The van der Waals surface area contributed by atoms with Gasteiger partial charge in [-0.1, -0.05) is 5.21 Å². The number of aromatic nitrogens is 3. The van der Waals surface area contributed by atoms with Crippen LogP contribution in [0, 0.1) is 0 Å². The summed E-state index contributed by atoms with van der Waals surface area (Å²) in [6.45, 7) is 3.96. The Morgan fingerprint density at radius 2 is 2.04 bits per heavy atom. The predicted molar refractivity (Wildman–Crippen MR) is 86.7 cm³/mol. The van der Waals surface area contributed by atoms with Gasteiger partial charge in [0.15, 0.2) is 17.2 Å². The number of carbonyl (C=O) groups is 1. The highest BCUT2D eigenvalue weighted by Crippen LogP contribution is 2.31. The second-order valence-corrected chi connectivity index (χ2v) is 6.22. The number of ether oxygens (including phenoxy) is 2. The Morgan fingerprint density at radius 1 is 1.21 bits per heavy atom. The fourth-order valence-corrected chi connectivity index (χ4v) is 3.21. The van der Waals surface area contributed by atoms with Gasteiger partial charge in [-0.05, 0) is 38.3 Å². The number of hydrogen-bond donors (Lipinski definition) is 0. The van der Waals surface area contributed by atoms with Crippen molar-refractivity contribution >= 4 is 5.91 Å². The van der Waals surface area contributed by atoms with Gasteiger partial charge in [-0.15, -0.1) is 5.10 Å². The SMILES string of the molecule is C[C@H]1CCCCN1C(=O)c1cn(-c2ccc3c(c2)OCCO3)nn1. The topological polar surface area (TPSA) is 69.5 Å². The van der Waals surface area contributed by atoms with Gasteiger partial charge in [0.1, 0.15) is 13.2 Å². The van der Waals surface area contributed by atoms with Crippen molar-refractivity contribution in [3.63, 3.8) is 0 Å². The molecule has 1 saturated heterocycles. The Bertz CT molecular complexity index is 758. The third kappa shape index (κ3) is 2.70. The molecule has 126 valence electrons. The third-order valence-corrected chi connectivity index (χ3v) is 4.57. The largest absolute Gasteiger partial charge is 0.486 e. The van der Waals surface area contributed by atoms with Gasteiger partial charge in [-0.3, -0.25) is 4.79 Å². The van der Waals surface area contributed by atoms with Crippen molar-refractivity contribution in [2.45, 2.75) is 32.2 Å². The molecule has 0 aliphatic carbocycles. The normalized spacial score (nSPS) is 20.0. The van der Waals surface area contributed by atoms with E-state index in [-0.39, 0.29) is 11.9 Å². The van der Waals surface area contributed by atoms with Crippen LogP contribution in [0.5, 0.6) is 11.5 Å². The maximum atomic E-state index is 12.7. The van der Waals surface area contributed by atoms with Crippen LogP contribution in [0.15, 0.2) is 24.4 Å². The lowest BCUT2D eigenvalue weighted by Crippen LogP contribution is -2.42. The van der Waals surface area contributed by atoms with Gasteiger partial charge in [0.05, 0.1) is 11.9 Å². The minimum atomic E-state index is -0.0500. The first-order valence-electron chi connectivity index (χ1n) is 8.36. The number of nitrogens with zero attached hydrogens (tertiary/aromatic N) is 4. The Hall–Kier alpha value is -2.57. The number of piperidine rings is 1. The molecule has 0 bridgehead atoms. The van der Waals surface area contributed by atoms with Gasteiger partial charge < -0.3 is 14.4 Å². The lowest BCUT2D eigenvalue weighted by atomic mass is 10.0. The lowest BCUT2D eigenvalue weighted by molar-refractivity contribution is 0.0629. The van der Waals surface area contributed by atoms with Crippen LogP contribution in [0.3, 0.4) is 0 Å². The Balaban J connectivity index is 1.57. The Kier molecular flexibility index (Phi) is 3.84. The standard InChI is InChI=1S/C17H20N4O3/c1-12-4-2-3-7-20(12)17(22)14-11-21(19-18-14)13-5-6-15-16(10-13)24-9-8-23-15/h5-6,10-12H,2-4,7-9H2,1H3/t12-/m0/s1. The number of benzene rings is 1. The smallest absolute Gasteiger partial charge is 0.276 e. The van der Waals surface area contributed by atoms with Crippen molar-refractivity contribution in [3.8, 4) is 17.2 Å². The second-order valence-electron chi connectivity index (χ2n) is 6.22. The molecule has 0 spiro atoms. The summed E-state index contributed by atoms with van der Waals surface area (Å²) < 4.78 is 12.7. The van der Waals surface area contributed by atoms with Crippen molar-refractivity contribution in [1.82, 2.24) is 19.9 Å². The number of likely N-dealkylation sites (tertiary alicyclic amines) is 1. The first-order valence-corrected chi connectivity index (χ1v) is 8.36. The molecule has 7 heteroatoms. The average Bonchev–Trinajstić information content (AvgIpc) is 3.11. The molecule has 1 atom stereocenters. The average molecular weight is 328 g/mol. The van der Waals surface area contributed by atoms with E-state index in [2.05, 4.69) is 17.2 Å². The van der Waals surface area contributed by atoms with Crippen LogP contribution in [-0.2, 0) is 0 Å². The number of amides is 1. The minimum absolute atomic E-state index is 0.0500. The molecule has 24 heavy (non-hydrogen) atoms. The molecule has 2 aliphatic heterocycles. The molecule has 2 aromatic rings. The monoisotopic (exact) mass is 328 g/mol.